The van der Waals surface area contributed by atoms with Crippen molar-refractivity contribution in [2.45, 2.75) is 11.3 Å². The van der Waals surface area contributed by atoms with Crippen molar-refractivity contribution in [3.8, 4) is 11.5 Å². The maximum Gasteiger partial charge on any atom is 0.306 e. The van der Waals surface area contributed by atoms with Gasteiger partial charge >= 0.3 is 5.97 Å². The molecule has 2 aromatic carbocycles. The number of aromatic hydroxyl groups is 1. The number of aliphatic carboxylic acids is 1. The zero-order valence-corrected chi connectivity index (χ0v) is 12.8. The van der Waals surface area contributed by atoms with Gasteiger partial charge in [0.2, 0.25) is 0 Å². The van der Waals surface area contributed by atoms with Crippen LogP contribution >= 0.6 is 0 Å². The Morgan fingerprint density at radius 2 is 1.83 bits per heavy atom. The number of anilines is 1. The summed E-state index contributed by atoms with van der Waals surface area (Å²) in [6.07, 6.45) is -0.119. The molecule has 23 heavy (non-hydrogen) atoms. The molecule has 8 heteroatoms. The molecule has 0 fully saturated rings. The number of phenolic OH excluding ortho intramolecular Hbond substituents is 1. The van der Waals surface area contributed by atoms with Crippen LogP contribution in [-0.4, -0.2) is 31.2 Å². The van der Waals surface area contributed by atoms with Gasteiger partial charge < -0.3 is 14.9 Å². The summed E-state index contributed by atoms with van der Waals surface area (Å²) in [5.74, 6) is -0.665. The Labute approximate surface area is 133 Å². The average Bonchev–Trinajstić information content (AvgIpc) is 2.48. The maximum atomic E-state index is 12.2. The molecule has 0 atom stereocenters. The van der Waals surface area contributed by atoms with Gasteiger partial charge in [-0.3, -0.25) is 9.52 Å². The molecule has 0 aliphatic rings. The molecule has 122 valence electrons. The van der Waals surface area contributed by atoms with Crippen LogP contribution < -0.4 is 9.46 Å². The van der Waals surface area contributed by atoms with E-state index in [-0.39, 0.29) is 23.7 Å². The normalized spacial score (nSPS) is 11.0. The van der Waals surface area contributed by atoms with Crippen molar-refractivity contribution < 1.29 is 28.2 Å². The van der Waals surface area contributed by atoms with Crippen LogP contribution in [-0.2, 0) is 14.8 Å². The van der Waals surface area contributed by atoms with Crippen molar-refractivity contribution in [1.82, 2.24) is 0 Å². The third-order valence-electron chi connectivity index (χ3n) is 2.82. The van der Waals surface area contributed by atoms with Crippen molar-refractivity contribution in [2.75, 3.05) is 11.3 Å². The predicted octanol–water partition coefficient (Wildman–Crippen LogP) is 2.05. The zero-order valence-electron chi connectivity index (χ0n) is 12.0. The number of benzene rings is 2. The highest BCUT2D eigenvalue weighted by atomic mass is 32.2. The number of phenols is 1. The van der Waals surface area contributed by atoms with Crippen molar-refractivity contribution >= 4 is 21.7 Å². The largest absolute Gasteiger partial charge is 0.508 e. The van der Waals surface area contributed by atoms with E-state index < -0.39 is 16.0 Å². The van der Waals surface area contributed by atoms with E-state index in [4.69, 9.17) is 9.84 Å². The second-order valence-electron chi connectivity index (χ2n) is 4.62. The first kappa shape index (κ1) is 16.6. The predicted molar refractivity (Wildman–Crippen MR) is 83.1 cm³/mol. The minimum atomic E-state index is -3.81. The molecular formula is C15H15NO6S. The van der Waals surface area contributed by atoms with Gasteiger partial charge in [0.25, 0.3) is 10.0 Å². The van der Waals surface area contributed by atoms with Crippen molar-refractivity contribution in [1.29, 1.82) is 0 Å². The summed E-state index contributed by atoms with van der Waals surface area (Å²) >= 11 is 0. The Hall–Kier alpha value is -2.74. The third kappa shape index (κ3) is 4.89. The molecule has 0 saturated carbocycles. The van der Waals surface area contributed by atoms with Gasteiger partial charge in [-0.05, 0) is 36.4 Å². The summed E-state index contributed by atoms with van der Waals surface area (Å²) < 4.78 is 31.9. The molecule has 0 radical (unpaired) electrons. The molecule has 7 nitrogen and oxygen atoms in total. The SMILES string of the molecule is O=C(O)CCOc1ccc(NS(=O)(=O)c2cccc(O)c2)cc1. The Kier molecular flexibility index (Phi) is 5.07. The first-order chi connectivity index (χ1) is 10.9. The summed E-state index contributed by atoms with van der Waals surface area (Å²) in [6.45, 7) is 0.0314. The number of hydrogen-bond donors (Lipinski definition) is 3. The van der Waals surface area contributed by atoms with E-state index in [1.54, 1.807) is 0 Å². The van der Waals surface area contributed by atoms with Crippen LogP contribution in [0, 0.1) is 0 Å². The summed E-state index contributed by atoms with van der Waals surface area (Å²) in [7, 11) is -3.81. The van der Waals surface area contributed by atoms with Crippen LogP contribution in [0.3, 0.4) is 0 Å². The number of carboxylic acids is 1. The fraction of sp³-hybridized carbons (Fsp3) is 0.133. The number of hydrogen-bond acceptors (Lipinski definition) is 5. The van der Waals surface area contributed by atoms with Gasteiger partial charge in [-0.15, -0.1) is 0 Å². The average molecular weight is 337 g/mol. The lowest BCUT2D eigenvalue weighted by Gasteiger charge is -2.09. The Balaban J connectivity index is 2.04. The van der Waals surface area contributed by atoms with Gasteiger partial charge in [0.05, 0.1) is 17.9 Å². The Morgan fingerprint density at radius 3 is 2.43 bits per heavy atom. The molecule has 0 heterocycles. The Morgan fingerprint density at radius 1 is 1.13 bits per heavy atom. The molecule has 2 rings (SSSR count). The first-order valence-corrected chi connectivity index (χ1v) is 8.12. The number of carboxylic acid groups (broad SMARTS) is 1. The standard InChI is InChI=1S/C15H15NO6S/c17-12-2-1-3-14(10-12)23(20,21)16-11-4-6-13(7-5-11)22-9-8-15(18)19/h1-7,10,16-17H,8-9H2,(H,18,19). The van der Waals surface area contributed by atoms with Gasteiger partial charge in [0.1, 0.15) is 11.5 Å². The second kappa shape index (κ2) is 7.01. The topological polar surface area (TPSA) is 113 Å². The molecular weight excluding hydrogens is 322 g/mol. The van der Waals surface area contributed by atoms with Crippen LogP contribution in [0.4, 0.5) is 5.69 Å². The van der Waals surface area contributed by atoms with Gasteiger partial charge in [-0.2, -0.15) is 0 Å². The first-order valence-electron chi connectivity index (χ1n) is 6.63. The summed E-state index contributed by atoms with van der Waals surface area (Å²) in [5, 5.41) is 17.9. The number of nitrogens with one attached hydrogen (secondary N) is 1. The molecule has 0 unspecified atom stereocenters. The lowest BCUT2D eigenvalue weighted by atomic mass is 10.3. The molecule has 0 spiro atoms. The summed E-state index contributed by atoms with van der Waals surface area (Å²) in [4.78, 5) is 10.3. The van der Waals surface area contributed by atoms with Crippen LogP contribution in [0.2, 0.25) is 0 Å². The number of carbonyl (C=O) groups is 1. The van der Waals surface area contributed by atoms with E-state index in [2.05, 4.69) is 4.72 Å². The van der Waals surface area contributed by atoms with Crippen molar-refractivity contribution in [2.24, 2.45) is 0 Å². The van der Waals surface area contributed by atoms with Crippen molar-refractivity contribution in [3.05, 3.63) is 48.5 Å². The molecule has 3 N–H and O–H groups in total. The van der Waals surface area contributed by atoms with Gasteiger partial charge in [0, 0.05) is 11.8 Å². The molecule has 0 bridgehead atoms. The third-order valence-corrected chi connectivity index (χ3v) is 4.20. The monoisotopic (exact) mass is 337 g/mol. The minimum Gasteiger partial charge on any atom is -0.508 e. The summed E-state index contributed by atoms with van der Waals surface area (Å²) in [5.41, 5.74) is 0.318. The number of ether oxygens (including phenoxy) is 1. The van der Waals surface area contributed by atoms with Crippen molar-refractivity contribution in [3.63, 3.8) is 0 Å². The smallest absolute Gasteiger partial charge is 0.306 e. The molecule has 0 amide bonds. The number of rotatable bonds is 7. The van der Waals surface area contributed by atoms with Gasteiger partial charge in [-0.25, -0.2) is 8.42 Å². The highest BCUT2D eigenvalue weighted by Crippen LogP contribution is 2.21. The van der Waals surface area contributed by atoms with Gasteiger partial charge in [0.15, 0.2) is 0 Å². The van der Waals surface area contributed by atoms with Crippen LogP contribution in [0.1, 0.15) is 6.42 Å². The fourth-order valence-electron chi connectivity index (χ4n) is 1.74. The second-order valence-corrected chi connectivity index (χ2v) is 6.30. The lowest BCUT2D eigenvalue weighted by Crippen LogP contribution is -2.12. The van der Waals surface area contributed by atoms with E-state index in [1.807, 2.05) is 0 Å². The lowest BCUT2D eigenvalue weighted by molar-refractivity contribution is -0.137. The van der Waals surface area contributed by atoms with E-state index in [9.17, 15) is 18.3 Å². The van der Waals surface area contributed by atoms with Crippen LogP contribution in [0.15, 0.2) is 53.4 Å². The molecule has 2 aromatic rings. The van der Waals surface area contributed by atoms with Crippen LogP contribution in [0.5, 0.6) is 11.5 Å². The molecule has 0 aliphatic heterocycles. The highest BCUT2D eigenvalue weighted by Gasteiger charge is 2.14. The van der Waals surface area contributed by atoms with E-state index >= 15 is 0 Å². The summed E-state index contributed by atoms with van der Waals surface area (Å²) in [6, 6.07) is 11.4. The van der Waals surface area contributed by atoms with Crippen LogP contribution in [0.25, 0.3) is 0 Å². The molecule has 0 aromatic heterocycles. The highest BCUT2D eigenvalue weighted by molar-refractivity contribution is 7.92. The van der Waals surface area contributed by atoms with Gasteiger partial charge in [-0.1, -0.05) is 6.07 Å². The minimum absolute atomic E-state index is 0.0314. The van der Waals surface area contributed by atoms with E-state index in [0.29, 0.717) is 11.4 Å². The van der Waals surface area contributed by atoms with E-state index in [1.165, 1.54) is 42.5 Å². The van der Waals surface area contributed by atoms with E-state index in [0.717, 1.165) is 6.07 Å². The molecule has 0 aliphatic carbocycles. The maximum absolute atomic E-state index is 12.2. The number of sulfonamides is 1. The Bertz CT molecular complexity index is 786. The zero-order chi connectivity index (χ0) is 16.9. The fourth-order valence-corrected chi connectivity index (χ4v) is 2.84. The quantitative estimate of drug-likeness (QED) is 0.712. The molecule has 0 saturated heterocycles.